The first-order chi connectivity index (χ1) is 6.74. The summed E-state index contributed by atoms with van der Waals surface area (Å²) < 4.78 is 1.86. The number of alkyl halides is 1. The van der Waals surface area contributed by atoms with Crippen LogP contribution in [-0.2, 0) is 11.3 Å². The van der Waals surface area contributed by atoms with Gasteiger partial charge < -0.3 is 10.3 Å². The van der Waals surface area contributed by atoms with Crippen molar-refractivity contribution in [3.05, 3.63) is 6.33 Å². The lowest BCUT2D eigenvalue weighted by molar-refractivity contribution is -0.115. The molecule has 0 fully saturated rings. The summed E-state index contributed by atoms with van der Waals surface area (Å²) >= 11 is 6.85. The van der Waals surface area contributed by atoms with Crippen molar-refractivity contribution < 1.29 is 4.79 Å². The number of hydrogen-bond donors (Lipinski definition) is 1. The van der Waals surface area contributed by atoms with E-state index in [1.54, 1.807) is 6.33 Å². The fourth-order valence-corrected chi connectivity index (χ4v) is 1.68. The van der Waals surface area contributed by atoms with E-state index in [-0.39, 0.29) is 11.7 Å². The van der Waals surface area contributed by atoms with Gasteiger partial charge in [-0.15, -0.1) is 21.8 Å². The van der Waals surface area contributed by atoms with Crippen molar-refractivity contribution in [3.63, 3.8) is 0 Å². The van der Waals surface area contributed by atoms with E-state index in [1.165, 1.54) is 11.8 Å². The molecule has 0 aliphatic rings. The van der Waals surface area contributed by atoms with Crippen LogP contribution in [0.5, 0.6) is 0 Å². The third-order valence-electron chi connectivity index (χ3n) is 1.46. The zero-order valence-corrected chi connectivity index (χ0v) is 9.09. The van der Waals surface area contributed by atoms with E-state index < -0.39 is 0 Å². The van der Waals surface area contributed by atoms with Crippen LogP contribution in [0.15, 0.2) is 11.5 Å². The monoisotopic (exact) mass is 234 g/mol. The highest BCUT2D eigenvalue weighted by atomic mass is 35.5. The molecule has 0 saturated carbocycles. The number of aromatic nitrogens is 3. The molecular weight excluding hydrogens is 224 g/mol. The van der Waals surface area contributed by atoms with E-state index in [1.807, 2.05) is 4.57 Å². The van der Waals surface area contributed by atoms with Gasteiger partial charge in [0.25, 0.3) is 0 Å². The minimum Gasteiger partial charge on any atom is -0.369 e. The summed E-state index contributed by atoms with van der Waals surface area (Å²) in [6.45, 7) is 0.762. The van der Waals surface area contributed by atoms with E-state index in [2.05, 4.69) is 10.2 Å². The number of halogens is 1. The number of thioether (sulfide) groups is 1. The SMILES string of the molecule is NC(=O)CSc1nncn1CCCCl. The average Bonchev–Trinajstić information content (AvgIpc) is 2.58. The molecule has 0 bridgehead atoms. The van der Waals surface area contributed by atoms with Gasteiger partial charge in [0.2, 0.25) is 5.91 Å². The molecule has 0 spiro atoms. The summed E-state index contributed by atoms with van der Waals surface area (Å²) in [6.07, 6.45) is 2.47. The van der Waals surface area contributed by atoms with Crippen LogP contribution in [0.3, 0.4) is 0 Å². The van der Waals surface area contributed by atoms with Crippen LogP contribution >= 0.6 is 23.4 Å². The fourth-order valence-electron chi connectivity index (χ4n) is 0.875. The van der Waals surface area contributed by atoms with Crippen LogP contribution in [-0.4, -0.2) is 32.3 Å². The molecule has 0 radical (unpaired) electrons. The Labute approximate surface area is 91.0 Å². The summed E-state index contributed by atoms with van der Waals surface area (Å²) in [7, 11) is 0. The summed E-state index contributed by atoms with van der Waals surface area (Å²) in [5, 5.41) is 8.32. The number of amides is 1. The molecule has 5 nitrogen and oxygen atoms in total. The Balaban J connectivity index is 2.49. The Morgan fingerprint density at radius 1 is 1.71 bits per heavy atom. The van der Waals surface area contributed by atoms with Crippen molar-refractivity contribution in [2.75, 3.05) is 11.6 Å². The number of rotatable bonds is 6. The van der Waals surface area contributed by atoms with E-state index in [0.717, 1.165) is 13.0 Å². The van der Waals surface area contributed by atoms with Crippen molar-refractivity contribution >= 4 is 29.3 Å². The molecular formula is C7H11ClN4OS. The predicted molar refractivity (Wildman–Crippen MR) is 55.3 cm³/mol. The maximum absolute atomic E-state index is 10.5. The van der Waals surface area contributed by atoms with Gasteiger partial charge in [0, 0.05) is 12.4 Å². The van der Waals surface area contributed by atoms with Gasteiger partial charge in [-0.05, 0) is 6.42 Å². The Morgan fingerprint density at radius 3 is 3.14 bits per heavy atom. The van der Waals surface area contributed by atoms with Crippen LogP contribution in [0, 0.1) is 0 Å². The van der Waals surface area contributed by atoms with Gasteiger partial charge in [-0.3, -0.25) is 4.79 Å². The second-order valence-electron chi connectivity index (χ2n) is 2.60. The smallest absolute Gasteiger partial charge is 0.227 e. The number of carbonyl (C=O) groups excluding carboxylic acids is 1. The molecule has 1 heterocycles. The Hall–Kier alpha value is -0.750. The molecule has 1 aromatic rings. The summed E-state index contributed by atoms with van der Waals surface area (Å²) in [5.41, 5.74) is 5.02. The Kier molecular flexibility index (Phi) is 4.75. The molecule has 0 unspecified atom stereocenters. The van der Waals surface area contributed by atoms with Crippen molar-refractivity contribution in [1.82, 2.24) is 14.8 Å². The minimum atomic E-state index is -0.359. The third-order valence-corrected chi connectivity index (χ3v) is 2.73. The lowest BCUT2D eigenvalue weighted by Gasteiger charge is -2.02. The predicted octanol–water partition coefficient (Wildman–Crippen LogP) is 0.484. The van der Waals surface area contributed by atoms with E-state index >= 15 is 0 Å². The molecule has 0 aliphatic heterocycles. The highest BCUT2D eigenvalue weighted by Crippen LogP contribution is 2.14. The highest BCUT2D eigenvalue weighted by molar-refractivity contribution is 7.99. The van der Waals surface area contributed by atoms with Crippen LogP contribution in [0.2, 0.25) is 0 Å². The summed E-state index contributed by atoms with van der Waals surface area (Å²) in [5.74, 6) is 0.458. The molecule has 1 aromatic heterocycles. The van der Waals surface area contributed by atoms with Gasteiger partial charge >= 0.3 is 0 Å². The fraction of sp³-hybridized carbons (Fsp3) is 0.571. The molecule has 0 aromatic carbocycles. The second-order valence-corrected chi connectivity index (χ2v) is 3.92. The summed E-state index contributed by atoms with van der Waals surface area (Å²) in [6, 6.07) is 0. The lowest BCUT2D eigenvalue weighted by Crippen LogP contribution is -2.13. The quantitative estimate of drug-likeness (QED) is 0.574. The van der Waals surface area contributed by atoms with Gasteiger partial charge in [-0.2, -0.15) is 0 Å². The molecule has 1 amide bonds. The maximum Gasteiger partial charge on any atom is 0.227 e. The normalized spacial score (nSPS) is 10.4. The third kappa shape index (κ3) is 3.55. The zero-order chi connectivity index (χ0) is 10.4. The first kappa shape index (κ1) is 11.3. The lowest BCUT2D eigenvalue weighted by atomic mass is 10.5. The van der Waals surface area contributed by atoms with Crippen LogP contribution in [0.4, 0.5) is 0 Å². The molecule has 0 aliphatic carbocycles. The van der Waals surface area contributed by atoms with Gasteiger partial charge in [-0.25, -0.2) is 0 Å². The van der Waals surface area contributed by atoms with E-state index in [0.29, 0.717) is 11.0 Å². The number of hydrogen-bond acceptors (Lipinski definition) is 4. The molecule has 7 heteroatoms. The number of carbonyl (C=O) groups is 1. The molecule has 2 N–H and O–H groups in total. The molecule has 1 rings (SSSR count). The van der Waals surface area contributed by atoms with Crippen molar-refractivity contribution in [2.45, 2.75) is 18.1 Å². The zero-order valence-electron chi connectivity index (χ0n) is 7.52. The standard InChI is InChI=1S/C7H11ClN4OS/c8-2-1-3-12-5-10-11-7(12)14-4-6(9)13/h5H,1-4H2,(H2,9,13). The van der Waals surface area contributed by atoms with Crippen LogP contribution in [0.1, 0.15) is 6.42 Å². The number of nitrogens with zero attached hydrogens (tertiary/aromatic N) is 3. The first-order valence-corrected chi connectivity index (χ1v) is 5.61. The highest BCUT2D eigenvalue weighted by Gasteiger charge is 2.05. The average molecular weight is 235 g/mol. The number of aryl methyl sites for hydroxylation is 1. The second kappa shape index (κ2) is 5.87. The largest absolute Gasteiger partial charge is 0.369 e. The molecule has 14 heavy (non-hydrogen) atoms. The molecule has 0 saturated heterocycles. The minimum absolute atomic E-state index is 0.222. The van der Waals surface area contributed by atoms with Crippen molar-refractivity contribution in [2.24, 2.45) is 5.73 Å². The number of nitrogens with two attached hydrogens (primary N) is 1. The van der Waals surface area contributed by atoms with Crippen LogP contribution in [0.25, 0.3) is 0 Å². The van der Waals surface area contributed by atoms with Gasteiger partial charge in [0.15, 0.2) is 5.16 Å². The topological polar surface area (TPSA) is 73.8 Å². The Bertz CT molecular complexity index is 304. The van der Waals surface area contributed by atoms with Crippen molar-refractivity contribution in [1.29, 1.82) is 0 Å². The van der Waals surface area contributed by atoms with Gasteiger partial charge in [0.1, 0.15) is 6.33 Å². The van der Waals surface area contributed by atoms with Crippen LogP contribution < -0.4 is 5.73 Å². The number of primary amides is 1. The first-order valence-electron chi connectivity index (χ1n) is 4.09. The Morgan fingerprint density at radius 2 is 2.50 bits per heavy atom. The van der Waals surface area contributed by atoms with Gasteiger partial charge in [0.05, 0.1) is 5.75 Å². The molecule has 0 atom stereocenters. The maximum atomic E-state index is 10.5. The molecule has 78 valence electrons. The van der Waals surface area contributed by atoms with Gasteiger partial charge in [-0.1, -0.05) is 11.8 Å². The van der Waals surface area contributed by atoms with E-state index in [4.69, 9.17) is 17.3 Å². The summed E-state index contributed by atoms with van der Waals surface area (Å²) in [4.78, 5) is 10.5. The van der Waals surface area contributed by atoms with E-state index in [9.17, 15) is 4.79 Å². The van der Waals surface area contributed by atoms with Crippen molar-refractivity contribution in [3.8, 4) is 0 Å².